The lowest BCUT2D eigenvalue weighted by atomic mass is 9.95. The summed E-state index contributed by atoms with van der Waals surface area (Å²) >= 11 is 1.46. The van der Waals surface area contributed by atoms with Gasteiger partial charge in [-0.25, -0.2) is 4.79 Å². The maximum atomic E-state index is 12.9. The molecule has 5 nitrogen and oxygen atoms in total. The van der Waals surface area contributed by atoms with Crippen molar-refractivity contribution in [2.45, 2.75) is 25.7 Å². The van der Waals surface area contributed by atoms with E-state index in [1.165, 1.54) is 18.4 Å². The molecule has 0 saturated heterocycles. The van der Waals surface area contributed by atoms with E-state index in [1.807, 2.05) is 36.4 Å². The summed E-state index contributed by atoms with van der Waals surface area (Å²) in [5, 5.41) is 6.46. The number of benzene rings is 2. The van der Waals surface area contributed by atoms with E-state index >= 15 is 0 Å². The number of amides is 1. The van der Waals surface area contributed by atoms with Crippen LogP contribution in [-0.2, 0) is 17.6 Å². The Balaban J connectivity index is 1.53. The van der Waals surface area contributed by atoms with Crippen molar-refractivity contribution in [3.63, 3.8) is 0 Å². The molecule has 1 aliphatic carbocycles. The first-order valence-corrected chi connectivity index (χ1v) is 10.4. The van der Waals surface area contributed by atoms with Gasteiger partial charge in [-0.2, -0.15) is 0 Å². The van der Waals surface area contributed by atoms with Gasteiger partial charge in [0.05, 0.1) is 12.7 Å². The first-order valence-electron chi connectivity index (χ1n) is 9.61. The molecule has 4 aromatic rings. The molecular formula is C23H19NO4S. The van der Waals surface area contributed by atoms with Crippen LogP contribution >= 0.6 is 11.3 Å². The van der Waals surface area contributed by atoms with Crippen molar-refractivity contribution < 1.29 is 18.7 Å². The number of furan rings is 1. The Bertz CT molecular complexity index is 1270. The van der Waals surface area contributed by atoms with Crippen molar-refractivity contribution >= 4 is 50.0 Å². The number of fused-ring (bicyclic) bond motifs is 4. The van der Waals surface area contributed by atoms with Crippen LogP contribution in [0.1, 0.15) is 44.2 Å². The number of aryl methyl sites for hydroxylation is 1. The second-order valence-corrected chi connectivity index (χ2v) is 8.28. The zero-order chi connectivity index (χ0) is 20.0. The van der Waals surface area contributed by atoms with Gasteiger partial charge >= 0.3 is 5.97 Å². The highest BCUT2D eigenvalue weighted by Crippen LogP contribution is 2.39. The van der Waals surface area contributed by atoms with Gasteiger partial charge in [0.2, 0.25) is 0 Å². The fraction of sp³-hybridized carbons (Fsp3) is 0.217. The second-order valence-electron chi connectivity index (χ2n) is 7.17. The molecular weight excluding hydrogens is 386 g/mol. The maximum absolute atomic E-state index is 12.9. The summed E-state index contributed by atoms with van der Waals surface area (Å²) in [6.07, 6.45) is 3.90. The molecule has 0 bridgehead atoms. The zero-order valence-electron chi connectivity index (χ0n) is 15.9. The minimum atomic E-state index is -0.407. The minimum absolute atomic E-state index is 0.221. The predicted octanol–water partition coefficient (Wildman–Crippen LogP) is 5.57. The number of esters is 1. The third kappa shape index (κ3) is 3.00. The Morgan fingerprint density at radius 1 is 1.07 bits per heavy atom. The van der Waals surface area contributed by atoms with Gasteiger partial charge in [-0.1, -0.05) is 30.3 Å². The molecule has 6 heteroatoms. The Labute approximate surface area is 171 Å². The number of nitrogens with one attached hydrogen (secondary N) is 1. The number of carbonyl (C=O) groups excluding carboxylic acids is 2. The van der Waals surface area contributed by atoms with E-state index in [0.29, 0.717) is 16.1 Å². The number of anilines is 1. The summed E-state index contributed by atoms with van der Waals surface area (Å²) < 4.78 is 10.8. The van der Waals surface area contributed by atoms with Crippen LogP contribution in [-0.4, -0.2) is 19.0 Å². The first-order chi connectivity index (χ1) is 14.2. The van der Waals surface area contributed by atoms with E-state index in [9.17, 15) is 9.59 Å². The van der Waals surface area contributed by atoms with Crippen molar-refractivity contribution in [1.29, 1.82) is 0 Å². The quantitative estimate of drug-likeness (QED) is 0.453. The highest BCUT2D eigenvalue weighted by Gasteiger charge is 2.27. The van der Waals surface area contributed by atoms with E-state index in [-0.39, 0.29) is 11.7 Å². The highest BCUT2D eigenvalue weighted by atomic mass is 32.1. The summed E-state index contributed by atoms with van der Waals surface area (Å²) in [5.41, 5.74) is 2.16. The normalized spacial score (nSPS) is 13.4. The number of thiophene rings is 1. The van der Waals surface area contributed by atoms with Crippen LogP contribution in [0.15, 0.2) is 46.9 Å². The molecule has 0 spiro atoms. The lowest BCUT2D eigenvalue weighted by Crippen LogP contribution is -2.14. The molecule has 146 valence electrons. The maximum Gasteiger partial charge on any atom is 0.341 e. The third-order valence-corrected chi connectivity index (χ3v) is 6.64. The lowest BCUT2D eigenvalue weighted by Gasteiger charge is -2.11. The largest absolute Gasteiger partial charge is 0.465 e. The van der Waals surface area contributed by atoms with Gasteiger partial charge in [-0.05, 0) is 54.2 Å². The van der Waals surface area contributed by atoms with Gasteiger partial charge in [0.1, 0.15) is 10.6 Å². The monoisotopic (exact) mass is 405 g/mol. The topological polar surface area (TPSA) is 68.5 Å². The summed E-state index contributed by atoms with van der Waals surface area (Å²) in [5.74, 6) is -0.553. The van der Waals surface area contributed by atoms with Crippen LogP contribution in [0.5, 0.6) is 0 Å². The molecule has 2 heterocycles. The molecule has 2 aromatic heterocycles. The number of hydrogen-bond acceptors (Lipinski definition) is 5. The van der Waals surface area contributed by atoms with Crippen LogP contribution in [0.3, 0.4) is 0 Å². The molecule has 0 fully saturated rings. The molecule has 2 aromatic carbocycles. The summed E-state index contributed by atoms with van der Waals surface area (Å²) in [4.78, 5) is 26.5. The van der Waals surface area contributed by atoms with E-state index in [1.54, 1.807) is 6.07 Å². The molecule has 0 unspecified atom stereocenters. The second kappa shape index (κ2) is 7.04. The highest BCUT2D eigenvalue weighted by molar-refractivity contribution is 7.17. The van der Waals surface area contributed by atoms with Crippen molar-refractivity contribution in [3.8, 4) is 0 Å². The molecule has 1 aliphatic rings. The molecule has 0 saturated carbocycles. The SMILES string of the molecule is COC(=O)c1c(NC(=O)c2cc3c(ccc4ccccc43)o2)sc2c1CCCC2. The fourth-order valence-corrected chi connectivity index (χ4v) is 5.31. The van der Waals surface area contributed by atoms with Crippen LogP contribution in [0.4, 0.5) is 5.00 Å². The molecule has 1 N–H and O–H groups in total. The Kier molecular flexibility index (Phi) is 4.36. The third-order valence-electron chi connectivity index (χ3n) is 5.44. The minimum Gasteiger partial charge on any atom is -0.465 e. The Morgan fingerprint density at radius 3 is 2.76 bits per heavy atom. The zero-order valence-corrected chi connectivity index (χ0v) is 16.7. The summed E-state index contributed by atoms with van der Waals surface area (Å²) in [6, 6.07) is 13.6. The number of rotatable bonds is 3. The molecule has 0 atom stereocenters. The van der Waals surface area contributed by atoms with Crippen LogP contribution in [0, 0.1) is 0 Å². The Morgan fingerprint density at radius 2 is 1.90 bits per heavy atom. The summed E-state index contributed by atoms with van der Waals surface area (Å²) in [7, 11) is 1.37. The predicted molar refractivity (Wildman–Crippen MR) is 114 cm³/mol. The van der Waals surface area contributed by atoms with E-state index in [4.69, 9.17) is 9.15 Å². The van der Waals surface area contributed by atoms with E-state index < -0.39 is 5.97 Å². The smallest absolute Gasteiger partial charge is 0.341 e. The van der Waals surface area contributed by atoms with Crippen molar-refractivity contribution in [2.75, 3.05) is 12.4 Å². The van der Waals surface area contributed by atoms with Crippen molar-refractivity contribution in [1.82, 2.24) is 0 Å². The first kappa shape index (κ1) is 17.9. The van der Waals surface area contributed by atoms with E-state index in [2.05, 4.69) is 5.32 Å². The number of carbonyl (C=O) groups is 2. The molecule has 0 radical (unpaired) electrons. The van der Waals surface area contributed by atoms with Gasteiger partial charge in [0, 0.05) is 10.3 Å². The Hall–Kier alpha value is -3.12. The molecule has 5 rings (SSSR count). The average molecular weight is 405 g/mol. The number of methoxy groups -OCH3 is 1. The van der Waals surface area contributed by atoms with Gasteiger partial charge in [-0.3, -0.25) is 4.79 Å². The van der Waals surface area contributed by atoms with Crippen molar-refractivity contribution in [2.24, 2.45) is 0 Å². The van der Waals surface area contributed by atoms with Crippen LogP contribution < -0.4 is 5.32 Å². The number of ether oxygens (including phenoxy) is 1. The molecule has 0 aliphatic heterocycles. The molecule has 29 heavy (non-hydrogen) atoms. The fourth-order valence-electron chi connectivity index (χ4n) is 4.04. The molecule has 1 amide bonds. The summed E-state index contributed by atoms with van der Waals surface area (Å²) in [6.45, 7) is 0. The van der Waals surface area contributed by atoms with Gasteiger partial charge in [0.25, 0.3) is 5.91 Å². The van der Waals surface area contributed by atoms with E-state index in [0.717, 1.165) is 52.3 Å². The van der Waals surface area contributed by atoms with Crippen LogP contribution in [0.25, 0.3) is 21.7 Å². The lowest BCUT2D eigenvalue weighted by molar-refractivity contribution is 0.0601. The standard InChI is InChI=1S/C23H19NO4S/c1-27-23(26)20-15-8-4-5-9-19(15)29-22(20)24-21(25)18-12-16-14-7-3-2-6-13(14)10-11-17(16)28-18/h2-3,6-7,10-12H,4-5,8-9H2,1H3,(H,24,25). The van der Waals surface area contributed by atoms with Crippen molar-refractivity contribution in [3.05, 3.63) is 64.2 Å². The van der Waals surface area contributed by atoms with Crippen LogP contribution in [0.2, 0.25) is 0 Å². The number of hydrogen-bond donors (Lipinski definition) is 1. The van der Waals surface area contributed by atoms with Gasteiger partial charge < -0.3 is 14.5 Å². The van der Waals surface area contributed by atoms with Gasteiger partial charge in [-0.15, -0.1) is 11.3 Å². The average Bonchev–Trinajstić information content (AvgIpc) is 3.34. The van der Waals surface area contributed by atoms with Gasteiger partial charge in [0.15, 0.2) is 5.76 Å².